The summed E-state index contributed by atoms with van der Waals surface area (Å²) < 4.78 is 10.5. The number of amides is 2. The van der Waals surface area contributed by atoms with Gasteiger partial charge in [0.2, 0.25) is 0 Å². The molecule has 0 aliphatic carbocycles. The van der Waals surface area contributed by atoms with Gasteiger partial charge >= 0.3 is 12.2 Å². The van der Waals surface area contributed by atoms with Gasteiger partial charge in [-0.05, 0) is 53.4 Å². The van der Waals surface area contributed by atoms with Gasteiger partial charge in [0, 0.05) is 26.2 Å². The molecule has 6 nitrogen and oxygen atoms in total. The monoisotopic (exact) mass is 394 g/mol. The van der Waals surface area contributed by atoms with Crippen molar-refractivity contribution in [1.29, 1.82) is 0 Å². The normalized spacial score (nSPS) is 22.7. The Morgan fingerprint density at radius 2 is 1.07 bits per heavy atom. The van der Waals surface area contributed by atoms with Gasteiger partial charge in [0.05, 0.1) is 0 Å². The zero-order valence-electron chi connectivity index (χ0n) is 18.9. The van der Waals surface area contributed by atoms with E-state index in [0.717, 1.165) is 24.2 Å². The summed E-state index contributed by atoms with van der Waals surface area (Å²) in [5, 5.41) is 0. The largest absolute Gasteiger partial charge is 0.444 e. The molecule has 0 N–H and O–H groups in total. The van der Waals surface area contributed by atoms with Crippen LogP contribution in [0, 0.1) is 11.8 Å². The lowest BCUT2D eigenvalue weighted by Gasteiger charge is -2.24. The van der Waals surface area contributed by atoms with Crippen molar-refractivity contribution in [1.82, 2.24) is 9.80 Å². The van der Waals surface area contributed by atoms with Crippen LogP contribution in [0.3, 0.4) is 0 Å². The van der Waals surface area contributed by atoms with E-state index in [4.69, 9.17) is 9.47 Å². The van der Waals surface area contributed by atoms with Crippen molar-refractivity contribution < 1.29 is 19.1 Å². The summed E-state index contributed by atoms with van der Waals surface area (Å²) in [6.45, 7) is 26.0. The van der Waals surface area contributed by atoms with Gasteiger partial charge in [-0.3, -0.25) is 0 Å². The Hall–Kier alpha value is -1.98. The van der Waals surface area contributed by atoms with E-state index in [2.05, 4.69) is 27.0 Å². The maximum absolute atomic E-state index is 11.6. The van der Waals surface area contributed by atoms with Crippen molar-refractivity contribution in [3.63, 3.8) is 0 Å². The molecule has 6 heteroatoms. The van der Waals surface area contributed by atoms with E-state index in [1.165, 1.54) is 0 Å². The van der Waals surface area contributed by atoms with E-state index in [1.807, 2.05) is 41.5 Å². The van der Waals surface area contributed by atoms with E-state index in [1.54, 1.807) is 9.80 Å². The molecule has 0 saturated carbocycles. The van der Waals surface area contributed by atoms with Crippen LogP contribution in [0.2, 0.25) is 0 Å². The van der Waals surface area contributed by atoms with Crippen LogP contribution in [-0.4, -0.2) is 59.4 Å². The quantitative estimate of drug-likeness (QED) is 0.551. The summed E-state index contributed by atoms with van der Waals surface area (Å²) in [5.74, 6) is 0.782. The van der Waals surface area contributed by atoms with Gasteiger partial charge in [0.1, 0.15) is 11.2 Å². The minimum absolute atomic E-state index is 0.233. The Bertz CT molecular complexity index is 559. The second kappa shape index (κ2) is 9.01. The Morgan fingerprint density at radius 3 is 1.25 bits per heavy atom. The van der Waals surface area contributed by atoms with E-state index >= 15 is 0 Å². The van der Waals surface area contributed by atoms with Crippen LogP contribution < -0.4 is 0 Å². The number of likely N-dealkylation sites (tertiary alicyclic amines) is 2. The van der Waals surface area contributed by atoms with Gasteiger partial charge in [-0.1, -0.05) is 38.2 Å². The van der Waals surface area contributed by atoms with Gasteiger partial charge in [-0.2, -0.15) is 0 Å². The first-order valence-electron chi connectivity index (χ1n) is 9.90. The molecule has 2 saturated heterocycles. The molecule has 2 heterocycles. The van der Waals surface area contributed by atoms with Crippen molar-refractivity contribution in [2.75, 3.05) is 26.2 Å². The van der Waals surface area contributed by atoms with Gasteiger partial charge in [0.25, 0.3) is 0 Å². The maximum Gasteiger partial charge on any atom is 0.410 e. The molecule has 2 atom stereocenters. The Morgan fingerprint density at radius 1 is 0.786 bits per heavy atom. The molecule has 2 aliphatic heterocycles. The first-order valence-corrected chi connectivity index (χ1v) is 9.90. The average Bonchev–Trinajstić information content (AvgIpc) is 3.00. The van der Waals surface area contributed by atoms with Crippen LogP contribution in [-0.2, 0) is 9.47 Å². The Kier molecular flexibility index (Phi) is 7.74. The van der Waals surface area contributed by atoms with Crippen LogP contribution >= 0.6 is 0 Å². The van der Waals surface area contributed by atoms with Crippen LogP contribution in [0.25, 0.3) is 0 Å². The Labute approximate surface area is 170 Å². The number of hydrogen-bond donors (Lipinski definition) is 0. The summed E-state index contributed by atoms with van der Waals surface area (Å²) in [5.41, 5.74) is 1.39. The predicted molar refractivity (Wildman–Crippen MR) is 112 cm³/mol. The number of rotatable bonds is 0. The molecule has 0 aromatic heterocycles. The molecule has 160 valence electrons. The molecule has 0 bridgehead atoms. The molecular formula is C22H38N2O4. The molecular weight excluding hydrogens is 356 g/mol. The second-order valence-corrected chi connectivity index (χ2v) is 9.84. The molecule has 0 aromatic rings. The summed E-state index contributed by atoms with van der Waals surface area (Å²) >= 11 is 0. The highest BCUT2D eigenvalue weighted by Gasteiger charge is 2.30. The molecule has 2 rings (SSSR count). The average molecular weight is 395 g/mol. The third-order valence-electron chi connectivity index (χ3n) is 4.47. The fraction of sp³-hybridized carbons (Fsp3) is 0.727. The maximum atomic E-state index is 11.6. The summed E-state index contributed by atoms with van der Waals surface area (Å²) in [6, 6.07) is 0. The first-order chi connectivity index (χ1) is 12.6. The fourth-order valence-corrected chi connectivity index (χ4v) is 2.78. The van der Waals surface area contributed by atoms with Gasteiger partial charge < -0.3 is 19.3 Å². The Balaban J connectivity index is 0.000000280. The molecule has 2 aliphatic rings. The van der Waals surface area contributed by atoms with E-state index in [0.29, 0.717) is 24.9 Å². The lowest BCUT2D eigenvalue weighted by atomic mass is 10.1. The van der Waals surface area contributed by atoms with Crippen molar-refractivity contribution >= 4 is 12.2 Å². The topological polar surface area (TPSA) is 59.1 Å². The van der Waals surface area contributed by atoms with Crippen LogP contribution in [0.15, 0.2) is 24.3 Å². The summed E-state index contributed by atoms with van der Waals surface area (Å²) in [7, 11) is 0. The highest BCUT2D eigenvalue weighted by Crippen LogP contribution is 2.23. The van der Waals surface area contributed by atoms with Crippen LogP contribution in [0.1, 0.15) is 55.4 Å². The molecule has 0 radical (unpaired) electrons. The summed E-state index contributed by atoms with van der Waals surface area (Å²) in [6.07, 6.45) is -0.467. The van der Waals surface area contributed by atoms with Gasteiger partial charge in [0.15, 0.2) is 0 Å². The zero-order chi connectivity index (χ0) is 21.9. The molecule has 0 spiro atoms. The van der Waals surface area contributed by atoms with E-state index in [9.17, 15) is 9.59 Å². The first kappa shape index (κ1) is 24.1. The molecule has 28 heavy (non-hydrogen) atoms. The second-order valence-electron chi connectivity index (χ2n) is 9.84. The van der Waals surface area contributed by atoms with Crippen molar-refractivity contribution in [3.8, 4) is 0 Å². The highest BCUT2D eigenvalue weighted by atomic mass is 16.6. The lowest BCUT2D eigenvalue weighted by molar-refractivity contribution is 0.0282. The molecule has 0 aromatic carbocycles. The van der Waals surface area contributed by atoms with Crippen LogP contribution in [0.4, 0.5) is 9.59 Å². The molecule has 0 unspecified atom stereocenters. The SMILES string of the molecule is C=C1CN(C(=O)OC(C)(C)C)C[C@@H]1C.C=C1CN(C(=O)OC(C)(C)C)C[C@H]1C. The van der Waals surface area contributed by atoms with Crippen molar-refractivity contribution in [2.45, 2.75) is 66.6 Å². The highest BCUT2D eigenvalue weighted by molar-refractivity contribution is 5.69. The fourth-order valence-electron chi connectivity index (χ4n) is 2.78. The standard InChI is InChI=1S/2C11H19NO2/c2*1-8-6-12(7-9(8)2)10(13)14-11(3,4)5/h2*9H,1,6-7H2,2-5H3/t2*9-/m10/s1. The number of nitrogens with zero attached hydrogens (tertiary/aromatic N) is 2. The van der Waals surface area contributed by atoms with Crippen molar-refractivity contribution in [2.24, 2.45) is 11.8 Å². The zero-order valence-corrected chi connectivity index (χ0v) is 18.9. The smallest absolute Gasteiger partial charge is 0.410 e. The number of carbonyl (C=O) groups excluding carboxylic acids is 2. The number of hydrogen-bond acceptors (Lipinski definition) is 4. The van der Waals surface area contributed by atoms with Gasteiger partial charge in [-0.15, -0.1) is 0 Å². The van der Waals surface area contributed by atoms with Crippen molar-refractivity contribution in [3.05, 3.63) is 24.3 Å². The number of ether oxygens (including phenoxy) is 2. The number of carbonyl (C=O) groups is 2. The van der Waals surface area contributed by atoms with E-state index < -0.39 is 11.2 Å². The van der Waals surface area contributed by atoms with Gasteiger partial charge in [-0.25, -0.2) is 9.59 Å². The summed E-state index contributed by atoms with van der Waals surface area (Å²) in [4.78, 5) is 26.6. The third kappa shape index (κ3) is 7.95. The molecule has 2 amide bonds. The minimum atomic E-state index is -0.412. The third-order valence-corrected chi connectivity index (χ3v) is 4.47. The molecule has 2 fully saturated rings. The van der Waals surface area contributed by atoms with Crippen LogP contribution in [0.5, 0.6) is 0 Å². The van der Waals surface area contributed by atoms with E-state index in [-0.39, 0.29) is 12.2 Å². The predicted octanol–water partition coefficient (Wildman–Crippen LogP) is 4.86. The minimum Gasteiger partial charge on any atom is -0.444 e. The lowest BCUT2D eigenvalue weighted by Crippen LogP contribution is -2.35.